The van der Waals surface area contributed by atoms with Crippen molar-refractivity contribution in [2.45, 2.75) is 13.0 Å². The number of hydrogen-bond donors (Lipinski definition) is 4. The molecule has 0 aliphatic carbocycles. The van der Waals surface area contributed by atoms with E-state index >= 15 is 0 Å². The SMILES string of the molecule is Cc1c(O)ccc(C(O)CN)c1O. The van der Waals surface area contributed by atoms with Crippen LogP contribution >= 0.6 is 0 Å². The van der Waals surface area contributed by atoms with Crippen molar-refractivity contribution in [2.24, 2.45) is 5.73 Å². The quantitative estimate of drug-likeness (QED) is 0.534. The zero-order chi connectivity index (χ0) is 10.0. The highest BCUT2D eigenvalue weighted by Crippen LogP contribution is 2.32. The van der Waals surface area contributed by atoms with Gasteiger partial charge in [0.15, 0.2) is 0 Å². The number of phenolic OH excluding ortho intramolecular Hbond substituents is 2. The molecule has 1 aromatic rings. The maximum absolute atomic E-state index is 9.50. The minimum absolute atomic E-state index is 0.00507. The van der Waals surface area contributed by atoms with Gasteiger partial charge in [0.2, 0.25) is 0 Å². The van der Waals surface area contributed by atoms with E-state index in [1.807, 2.05) is 0 Å². The molecule has 0 spiro atoms. The maximum atomic E-state index is 9.50. The van der Waals surface area contributed by atoms with Crippen molar-refractivity contribution in [3.63, 3.8) is 0 Å². The number of hydrogen-bond acceptors (Lipinski definition) is 4. The number of phenols is 2. The number of aromatic hydroxyl groups is 2. The minimum Gasteiger partial charge on any atom is -0.508 e. The molecule has 0 saturated carbocycles. The van der Waals surface area contributed by atoms with E-state index in [-0.39, 0.29) is 18.0 Å². The lowest BCUT2D eigenvalue weighted by molar-refractivity contribution is 0.182. The Morgan fingerprint density at radius 1 is 1.38 bits per heavy atom. The van der Waals surface area contributed by atoms with Gasteiger partial charge >= 0.3 is 0 Å². The van der Waals surface area contributed by atoms with Crippen molar-refractivity contribution in [3.8, 4) is 11.5 Å². The first kappa shape index (κ1) is 9.83. The van der Waals surface area contributed by atoms with Crippen LogP contribution in [0.15, 0.2) is 12.1 Å². The normalized spacial score (nSPS) is 12.8. The van der Waals surface area contributed by atoms with E-state index in [9.17, 15) is 15.3 Å². The summed E-state index contributed by atoms with van der Waals surface area (Å²) in [6.07, 6.45) is -0.890. The Morgan fingerprint density at radius 2 is 2.00 bits per heavy atom. The second-order valence-corrected chi connectivity index (χ2v) is 2.90. The van der Waals surface area contributed by atoms with Crippen molar-refractivity contribution in [1.82, 2.24) is 0 Å². The van der Waals surface area contributed by atoms with Gasteiger partial charge in [0.05, 0.1) is 6.10 Å². The molecule has 0 fully saturated rings. The van der Waals surface area contributed by atoms with Gasteiger partial charge in [-0.2, -0.15) is 0 Å². The van der Waals surface area contributed by atoms with Crippen LogP contribution in [-0.2, 0) is 0 Å². The van der Waals surface area contributed by atoms with Gasteiger partial charge in [-0.25, -0.2) is 0 Å². The van der Waals surface area contributed by atoms with Gasteiger partial charge in [-0.1, -0.05) is 0 Å². The van der Waals surface area contributed by atoms with Crippen LogP contribution in [-0.4, -0.2) is 21.9 Å². The van der Waals surface area contributed by atoms with Gasteiger partial charge in [0, 0.05) is 17.7 Å². The van der Waals surface area contributed by atoms with E-state index in [1.54, 1.807) is 6.92 Å². The van der Waals surface area contributed by atoms with E-state index in [2.05, 4.69) is 0 Å². The topological polar surface area (TPSA) is 86.7 Å². The number of aliphatic hydroxyl groups excluding tert-OH is 1. The van der Waals surface area contributed by atoms with Gasteiger partial charge < -0.3 is 21.1 Å². The van der Waals surface area contributed by atoms with E-state index in [1.165, 1.54) is 12.1 Å². The number of benzene rings is 1. The lowest BCUT2D eigenvalue weighted by atomic mass is 10.0. The molecule has 0 aromatic heterocycles. The predicted octanol–water partition coefficient (Wildman–Crippen LogP) is 0.398. The number of nitrogens with two attached hydrogens (primary N) is 1. The minimum atomic E-state index is -0.890. The lowest BCUT2D eigenvalue weighted by Gasteiger charge is -2.12. The average molecular weight is 183 g/mol. The highest BCUT2D eigenvalue weighted by Gasteiger charge is 2.13. The number of aliphatic hydroxyl groups is 1. The van der Waals surface area contributed by atoms with Crippen molar-refractivity contribution >= 4 is 0 Å². The standard InChI is InChI=1S/C9H13NO3/c1-5-7(11)3-2-6(9(5)13)8(12)4-10/h2-3,8,11-13H,4,10H2,1H3. The highest BCUT2D eigenvalue weighted by molar-refractivity contribution is 5.48. The van der Waals surface area contributed by atoms with Crippen LogP contribution in [0.2, 0.25) is 0 Å². The third-order valence-corrected chi connectivity index (χ3v) is 2.02. The zero-order valence-corrected chi connectivity index (χ0v) is 7.36. The zero-order valence-electron chi connectivity index (χ0n) is 7.36. The van der Waals surface area contributed by atoms with Crippen LogP contribution < -0.4 is 5.73 Å². The molecule has 5 N–H and O–H groups in total. The molecule has 0 saturated heterocycles. The summed E-state index contributed by atoms with van der Waals surface area (Å²) >= 11 is 0. The summed E-state index contributed by atoms with van der Waals surface area (Å²) in [4.78, 5) is 0. The van der Waals surface area contributed by atoms with E-state index < -0.39 is 6.10 Å². The highest BCUT2D eigenvalue weighted by atomic mass is 16.3. The summed E-state index contributed by atoms with van der Waals surface area (Å²) in [6.45, 7) is 1.61. The summed E-state index contributed by atoms with van der Waals surface area (Å²) < 4.78 is 0. The Hall–Kier alpha value is -1.26. The first-order valence-corrected chi connectivity index (χ1v) is 3.97. The second-order valence-electron chi connectivity index (χ2n) is 2.90. The van der Waals surface area contributed by atoms with Gasteiger partial charge in [-0.3, -0.25) is 0 Å². The Labute approximate surface area is 76.2 Å². The van der Waals surface area contributed by atoms with E-state index in [4.69, 9.17) is 5.73 Å². The van der Waals surface area contributed by atoms with Crippen LogP contribution in [0.25, 0.3) is 0 Å². The molecule has 13 heavy (non-hydrogen) atoms. The fourth-order valence-corrected chi connectivity index (χ4v) is 1.11. The predicted molar refractivity (Wildman–Crippen MR) is 48.5 cm³/mol. The molecule has 0 aliphatic rings. The fraction of sp³-hybridized carbons (Fsp3) is 0.333. The van der Waals surface area contributed by atoms with Crippen molar-refractivity contribution in [2.75, 3.05) is 6.54 Å². The molecule has 1 aromatic carbocycles. The maximum Gasteiger partial charge on any atom is 0.128 e. The molecule has 4 heteroatoms. The molecule has 0 aliphatic heterocycles. The third-order valence-electron chi connectivity index (χ3n) is 2.02. The van der Waals surface area contributed by atoms with Crippen LogP contribution in [0, 0.1) is 6.92 Å². The molecule has 1 rings (SSSR count). The molecule has 4 nitrogen and oxygen atoms in total. The first-order chi connectivity index (χ1) is 6.07. The monoisotopic (exact) mass is 183 g/mol. The Balaban J connectivity index is 3.18. The smallest absolute Gasteiger partial charge is 0.128 e. The largest absolute Gasteiger partial charge is 0.508 e. The van der Waals surface area contributed by atoms with Crippen molar-refractivity contribution in [1.29, 1.82) is 0 Å². The Morgan fingerprint density at radius 3 is 2.54 bits per heavy atom. The molecular weight excluding hydrogens is 170 g/mol. The van der Waals surface area contributed by atoms with Crippen LogP contribution in [0.4, 0.5) is 0 Å². The second kappa shape index (κ2) is 3.64. The molecule has 0 amide bonds. The van der Waals surface area contributed by atoms with Crippen LogP contribution in [0.5, 0.6) is 11.5 Å². The molecule has 0 bridgehead atoms. The summed E-state index contributed by atoms with van der Waals surface area (Å²) in [6, 6.07) is 2.87. The first-order valence-electron chi connectivity index (χ1n) is 3.97. The lowest BCUT2D eigenvalue weighted by Crippen LogP contribution is -2.11. The third kappa shape index (κ3) is 1.74. The summed E-state index contributed by atoms with van der Waals surface area (Å²) in [5.74, 6) is -0.0941. The molecular formula is C9H13NO3. The summed E-state index contributed by atoms with van der Waals surface area (Å²) in [5.41, 5.74) is 5.93. The van der Waals surface area contributed by atoms with Crippen LogP contribution in [0.1, 0.15) is 17.2 Å². The van der Waals surface area contributed by atoms with Crippen LogP contribution in [0.3, 0.4) is 0 Å². The molecule has 0 heterocycles. The van der Waals surface area contributed by atoms with Crippen molar-refractivity contribution in [3.05, 3.63) is 23.3 Å². The molecule has 1 atom stereocenters. The van der Waals surface area contributed by atoms with Gasteiger partial charge in [-0.15, -0.1) is 0 Å². The number of rotatable bonds is 2. The molecule has 1 unspecified atom stereocenters. The fourth-order valence-electron chi connectivity index (χ4n) is 1.11. The average Bonchev–Trinajstić information content (AvgIpc) is 2.13. The van der Waals surface area contributed by atoms with Gasteiger partial charge in [0.1, 0.15) is 11.5 Å². The van der Waals surface area contributed by atoms with Gasteiger partial charge in [-0.05, 0) is 19.1 Å². The van der Waals surface area contributed by atoms with Gasteiger partial charge in [0.25, 0.3) is 0 Å². The van der Waals surface area contributed by atoms with E-state index in [0.717, 1.165) is 0 Å². The molecule has 72 valence electrons. The molecule has 0 radical (unpaired) electrons. The Bertz CT molecular complexity index is 312. The Kier molecular flexibility index (Phi) is 2.75. The van der Waals surface area contributed by atoms with Crippen molar-refractivity contribution < 1.29 is 15.3 Å². The van der Waals surface area contributed by atoms with E-state index in [0.29, 0.717) is 11.1 Å². The summed E-state index contributed by atoms with van der Waals surface area (Å²) in [5, 5.41) is 28.1. The summed E-state index contributed by atoms with van der Waals surface area (Å²) in [7, 11) is 0.